The van der Waals surface area contributed by atoms with Crippen molar-refractivity contribution in [2.75, 3.05) is 16.8 Å². The van der Waals surface area contributed by atoms with Gasteiger partial charge in [0.25, 0.3) is 5.91 Å². The second kappa shape index (κ2) is 10.3. The van der Waals surface area contributed by atoms with Crippen LogP contribution in [0.5, 0.6) is 0 Å². The van der Waals surface area contributed by atoms with Gasteiger partial charge < -0.3 is 15.4 Å². The molecule has 2 N–H and O–H groups in total. The Hall–Kier alpha value is -2.02. The van der Waals surface area contributed by atoms with Crippen molar-refractivity contribution in [3.63, 3.8) is 0 Å². The number of hydrogen-bond donors (Lipinski definition) is 2. The first kappa shape index (κ1) is 21.3. The van der Waals surface area contributed by atoms with Crippen LogP contribution in [0.15, 0.2) is 18.2 Å². The molecule has 1 aromatic rings. The van der Waals surface area contributed by atoms with Gasteiger partial charge in [-0.3, -0.25) is 14.4 Å². The lowest BCUT2D eigenvalue weighted by atomic mass is 10.1. The topological polar surface area (TPSA) is 84.5 Å². The standard InChI is InChI=1S/C20H28N2O4S/c1-13-8-9-17(14(2)10-13)22-18(23)11-27-12-19(24)26-15(3)20(25)21-16-6-4-5-7-16/h8-10,15-16H,4-7,11-12H2,1-3H3,(H,21,25)(H,22,23)/t15-/m1/s1. The Morgan fingerprint density at radius 3 is 2.56 bits per heavy atom. The highest BCUT2D eigenvalue weighted by atomic mass is 32.2. The quantitative estimate of drug-likeness (QED) is 0.665. The Morgan fingerprint density at radius 2 is 1.89 bits per heavy atom. The van der Waals surface area contributed by atoms with Gasteiger partial charge in [-0.15, -0.1) is 11.8 Å². The van der Waals surface area contributed by atoms with E-state index in [4.69, 9.17) is 4.74 Å². The first-order valence-electron chi connectivity index (χ1n) is 9.30. The molecule has 1 atom stereocenters. The fraction of sp³-hybridized carbons (Fsp3) is 0.550. The highest BCUT2D eigenvalue weighted by Crippen LogP contribution is 2.18. The number of ether oxygens (including phenoxy) is 1. The number of nitrogens with one attached hydrogen (secondary N) is 2. The first-order chi connectivity index (χ1) is 12.8. The maximum atomic E-state index is 12.0. The van der Waals surface area contributed by atoms with Crippen LogP contribution in [-0.2, 0) is 19.1 Å². The van der Waals surface area contributed by atoms with Gasteiger partial charge in [0.2, 0.25) is 5.91 Å². The van der Waals surface area contributed by atoms with E-state index in [0.717, 1.165) is 42.5 Å². The van der Waals surface area contributed by atoms with E-state index >= 15 is 0 Å². The van der Waals surface area contributed by atoms with Crippen LogP contribution in [0.1, 0.15) is 43.7 Å². The maximum Gasteiger partial charge on any atom is 0.316 e. The first-order valence-corrected chi connectivity index (χ1v) is 10.5. The zero-order chi connectivity index (χ0) is 19.8. The molecule has 0 bridgehead atoms. The molecule has 1 aromatic carbocycles. The Labute approximate surface area is 164 Å². The van der Waals surface area contributed by atoms with Crippen molar-refractivity contribution in [2.24, 2.45) is 0 Å². The minimum absolute atomic E-state index is 0.0291. The number of amides is 2. The van der Waals surface area contributed by atoms with Gasteiger partial charge in [-0.05, 0) is 45.2 Å². The van der Waals surface area contributed by atoms with Crippen molar-refractivity contribution in [2.45, 2.75) is 58.6 Å². The van der Waals surface area contributed by atoms with E-state index in [9.17, 15) is 14.4 Å². The molecule has 148 valence electrons. The predicted molar refractivity (Wildman–Crippen MR) is 108 cm³/mol. The van der Waals surface area contributed by atoms with Crippen molar-refractivity contribution in [1.82, 2.24) is 5.32 Å². The zero-order valence-electron chi connectivity index (χ0n) is 16.2. The SMILES string of the molecule is Cc1ccc(NC(=O)CSCC(=O)O[C@H](C)C(=O)NC2CCCC2)c(C)c1. The molecule has 0 spiro atoms. The van der Waals surface area contributed by atoms with Gasteiger partial charge in [0, 0.05) is 11.7 Å². The summed E-state index contributed by atoms with van der Waals surface area (Å²) < 4.78 is 5.15. The van der Waals surface area contributed by atoms with E-state index in [-0.39, 0.29) is 29.4 Å². The summed E-state index contributed by atoms with van der Waals surface area (Å²) in [7, 11) is 0. The third-order valence-electron chi connectivity index (χ3n) is 4.49. The number of thioether (sulfide) groups is 1. The van der Waals surface area contributed by atoms with Crippen molar-refractivity contribution in [1.29, 1.82) is 0 Å². The van der Waals surface area contributed by atoms with Crippen LogP contribution in [0.25, 0.3) is 0 Å². The molecule has 1 aliphatic rings. The van der Waals surface area contributed by atoms with Crippen LogP contribution in [0.2, 0.25) is 0 Å². The molecule has 0 heterocycles. The lowest BCUT2D eigenvalue weighted by Gasteiger charge is -2.17. The minimum Gasteiger partial charge on any atom is -0.452 e. The molecular formula is C20H28N2O4S. The van der Waals surface area contributed by atoms with Gasteiger partial charge >= 0.3 is 5.97 Å². The number of anilines is 1. The molecule has 0 aliphatic heterocycles. The molecule has 0 aromatic heterocycles. The molecule has 0 saturated heterocycles. The van der Waals surface area contributed by atoms with E-state index in [2.05, 4.69) is 10.6 Å². The zero-order valence-corrected chi connectivity index (χ0v) is 17.0. The largest absolute Gasteiger partial charge is 0.452 e. The van der Waals surface area contributed by atoms with Crippen LogP contribution < -0.4 is 10.6 Å². The van der Waals surface area contributed by atoms with Crippen LogP contribution in [0.4, 0.5) is 5.69 Å². The summed E-state index contributed by atoms with van der Waals surface area (Å²) in [6, 6.07) is 6.00. The van der Waals surface area contributed by atoms with Crippen LogP contribution in [0.3, 0.4) is 0 Å². The smallest absolute Gasteiger partial charge is 0.316 e. The van der Waals surface area contributed by atoms with E-state index in [1.165, 1.54) is 11.8 Å². The Balaban J connectivity index is 1.65. The fourth-order valence-corrected chi connectivity index (χ4v) is 3.63. The average molecular weight is 393 g/mol. The van der Waals surface area contributed by atoms with Gasteiger partial charge in [0.15, 0.2) is 6.10 Å². The third kappa shape index (κ3) is 7.25. The summed E-state index contributed by atoms with van der Waals surface area (Å²) in [5.74, 6) is -0.750. The lowest BCUT2D eigenvalue weighted by Crippen LogP contribution is -2.41. The van der Waals surface area contributed by atoms with Crippen molar-refractivity contribution < 1.29 is 19.1 Å². The molecule has 6 nitrogen and oxygen atoms in total. The van der Waals surface area contributed by atoms with E-state index in [1.54, 1.807) is 6.92 Å². The van der Waals surface area contributed by atoms with Gasteiger partial charge in [-0.2, -0.15) is 0 Å². The molecule has 2 rings (SSSR count). The Kier molecular flexibility index (Phi) is 8.16. The summed E-state index contributed by atoms with van der Waals surface area (Å²) in [5.41, 5.74) is 2.90. The van der Waals surface area contributed by atoms with E-state index < -0.39 is 12.1 Å². The van der Waals surface area contributed by atoms with Gasteiger partial charge in [0.05, 0.1) is 11.5 Å². The van der Waals surface area contributed by atoms with Gasteiger partial charge in [0.1, 0.15) is 0 Å². The van der Waals surface area contributed by atoms with Crippen LogP contribution >= 0.6 is 11.8 Å². The lowest BCUT2D eigenvalue weighted by molar-refractivity contribution is -0.152. The summed E-state index contributed by atoms with van der Waals surface area (Å²) in [6.07, 6.45) is 3.40. The summed E-state index contributed by atoms with van der Waals surface area (Å²) >= 11 is 1.17. The number of carbonyl (C=O) groups is 3. The van der Waals surface area contributed by atoms with E-state index in [1.807, 2.05) is 32.0 Å². The number of carbonyl (C=O) groups excluding carboxylic acids is 3. The normalized spacial score (nSPS) is 15.2. The number of aryl methyl sites for hydroxylation is 2. The average Bonchev–Trinajstić information content (AvgIpc) is 3.10. The number of rotatable bonds is 8. The second-order valence-corrected chi connectivity index (χ2v) is 7.97. The highest BCUT2D eigenvalue weighted by molar-refractivity contribution is 8.00. The van der Waals surface area contributed by atoms with Crippen LogP contribution in [0, 0.1) is 13.8 Å². The molecular weight excluding hydrogens is 364 g/mol. The Morgan fingerprint density at radius 1 is 1.19 bits per heavy atom. The summed E-state index contributed by atoms with van der Waals surface area (Å²) in [5, 5.41) is 5.74. The molecule has 0 radical (unpaired) electrons. The fourth-order valence-electron chi connectivity index (χ4n) is 3.04. The summed E-state index contributed by atoms with van der Waals surface area (Å²) in [4.78, 5) is 35.9. The molecule has 1 fully saturated rings. The van der Waals surface area contributed by atoms with Gasteiger partial charge in [-0.1, -0.05) is 30.5 Å². The third-order valence-corrected chi connectivity index (χ3v) is 5.39. The van der Waals surface area contributed by atoms with Crippen LogP contribution in [-0.4, -0.2) is 41.4 Å². The molecule has 1 saturated carbocycles. The van der Waals surface area contributed by atoms with Crippen molar-refractivity contribution in [3.05, 3.63) is 29.3 Å². The monoisotopic (exact) mass is 392 g/mol. The molecule has 0 unspecified atom stereocenters. The molecule has 27 heavy (non-hydrogen) atoms. The van der Waals surface area contributed by atoms with Gasteiger partial charge in [-0.25, -0.2) is 0 Å². The molecule has 2 amide bonds. The predicted octanol–water partition coefficient (Wildman–Crippen LogP) is 2.97. The highest BCUT2D eigenvalue weighted by Gasteiger charge is 2.23. The molecule has 1 aliphatic carbocycles. The number of benzene rings is 1. The summed E-state index contributed by atoms with van der Waals surface area (Å²) in [6.45, 7) is 5.50. The second-order valence-electron chi connectivity index (χ2n) is 6.98. The maximum absolute atomic E-state index is 12.0. The number of hydrogen-bond acceptors (Lipinski definition) is 5. The van der Waals surface area contributed by atoms with Crippen molar-refractivity contribution >= 4 is 35.2 Å². The number of esters is 1. The Bertz CT molecular complexity index is 687. The minimum atomic E-state index is -0.817. The van der Waals surface area contributed by atoms with E-state index in [0.29, 0.717) is 0 Å². The molecule has 7 heteroatoms. The van der Waals surface area contributed by atoms with Crippen molar-refractivity contribution in [3.8, 4) is 0 Å².